The zero-order valence-electron chi connectivity index (χ0n) is 10.5. The maximum atomic E-state index is 4.32. The van der Waals surface area contributed by atoms with Crippen LogP contribution in [0.4, 0.5) is 0 Å². The molecule has 0 aliphatic carbocycles. The van der Waals surface area contributed by atoms with E-state index in [9.17, 15) is 0 Å². The van der Waals surface area contributed by atoms with E-state index in [0.29, 0.717) is 0 Å². The summed E-state index contributed by atoms with van der Waals surface area (Å²) in [4.78, 5) is 4.18. The van der Waals surface area contributed by atoms with E-state index in [1.54, 1.807) is 18.0 Å². The van der Waals surface area contributed by atoms with Gasteiger partial charge in [0.05, 0.1) is 0 Å². The Labute approximate surface area is 125 Å². The van der Waals surface area contributed by atoms with Crippen LogP contribution in [0.3, 0.4) is 0 Å². The van der Waals surface area contributed by atoms with Crippen molar-refractivity contribution < 1.29 is 0 Å². The highest BCUT2D eigenvalue weighted by Gasteiger charge is 2.14. The monoisotopic (exact) mass is 338 g/mol. The Morgan fingerprint density at radius 1 is 1.21 bits per heavy atom. The van der Waals surface area contributed by atoms with Gasteiger partial charge in [0.25, 0.3) is 0 Å². The van der Waals surface area contributed by atoms with Gasteiger partial charge in [0.1, 0.15) is 5.82 Å². The van der Waals surface area contributed by atoms with Crippen LogP contribution in [0.1, 0.15) is 30.7 Å². The molecule has 100 valence electrons. The summed E-state index contributed by atoms with van der Waals surface area (Å²) >= 11 is 5.19. The van der Waals surface area contributed by atoms with Crippen molar-refractivity contribution in [3.63, 3.8) is 0 Å². The highest BCUT2D eigenvalue weighted by atomic mass is 79.9. The number of aromatic nitrogens is 4. The average Bonchev–Trinajstić information content (AvgIpc) is 2.64. The van der Waals surface area contributed by atoms with Crippen LogP contribution in [0, 0.1) is 0 Å². The molecule has 3 heterocycles. The summed E-state index contributed by atoms with van der Waals surface area (Å²) in [7, 11) is 0. The summed E-state index contributed by atoms with van der Waals surface area (Å²) in [5, 5.41) is 9.67. The number of hydrogen-bond donors (Lipinski definition) is 0. The van der Waals surface area contributed by atoms with Crippen LogP contribution in [-0.2, 0) is 18.7 Å². The molecule has 0 saturated carbocycles. The Kier molecular flexibility index (Phi) is 4.18. The van der Waals surface area contributed by atoms with E-state index in [-0.39, 0.29) is 0 Å². The molecule has 4 nitrogen and oxygen atoms in total. The minimum absolute atomic E-state index is 0.880. The molecule has 1 aliphatic heterocycles. The summed E-state index contributed by atoms with van der Waals surface area (Å²) in [6, 6.07) is 2.10. The summed E-state index contributed by atoms with van der Waals surface area (Å²) in [5.74, 6) is 2.03. The van der Waals surface area contributed by atoms with Gasteiger partial charge < -0.3 is 4.57 Å². The van der Waals surface area contributed by atoms with Crippen LogP contribution in [0.15, 0.2) is 28.1 Å². The highest BCUT2D eigenvalue weighted by Crippen LogP contribution is 2.25. The lowest BCUT2D eigenvalue weighted by molar-refractivity contribution is 0.591. The van der Waals surface area contributed by atoms with Crippen LogP contribution >= 0.6 is 27.7 Å². The van der Waals surface area contributed by atoms with E-state index in [2.05, 4.69) is 41.7 Å². The van der Waals surface area contributed by atoms with Crippen LogP contribution in [0.25, 0.3) is 0 Å². The Morgan fingerprint density at radius 2 is 2.16 bits per heavy atom. The van der Waals surface area contributed by atoms with Crippen molar-refractivity contribution in [1.82, 2.24) is 19.7 Å². The molecule has 0 unspecified atom stereocenters. The van der Waals surface area contributed by atoms with E-state index in [1.165, 1.54) is 24.8 Å². The van der Waals surface area contributed by atoms with E-state index in [1.807, 2.05) is 6.20 Å². The number of rotatable bonds is 3. The van der Waals surface area contributed by atoms with Crippen molar-refractivity contribution in [3.05, 3.63) is 34.3 Å². The van der Waals surface area contributed by atoms with Gasteiger partial charge in [-0.05, 0) is 40.4 Å². The molecule has 0 spiro atoms. The van der Waals surface area contributed by atoms with Gasteiger partial charge >= 0.3 is 0 Å². The molecular formula is C13H15BrN4S. The van der Waals surface area contributed by atoms with Crippen LogP contribution < -0.4 is 0 Å². The molecule has 0 fully saturated rings. The van der Waals surface area contributed by atoms with Crippen molar-refractivity contribution in [2.75, 3.05) is 0 Å². The van der Waals surface area contributed by atoms with Crippen molar-refractivity contribution in [2.24, 2.45) is 0 Å². The van der Waals surface area contributed by atoms with Crippen LogP contribution in [0.2, 0.25) is 0 Å². The lowest BCUT2D eigenvalue weighted by atomic mass is 10.2. The van der Waals surface area contributed by atoms with Crippen molar-refractivity contribution in [2.45, 2.75) is 43.1 Å². The molecule has 19 heavy (non-hydrogen) atoms. The minimum Gasteiger partial charge on any atom is -0.306 e. The molecule has 1 aliphatic rings. The smallest absolute Gasteiger partial charge is 0.191 e. The first-order valence-electron chi connectivity index (χ1n) is 6.47. The lowest BCUT2D eigenvalue weighted by Gasteiger charge is -2.06. The van der Waals surface area contributed by atoms with Crippen LogP contribution in [0.5, 0.6) is 0 Å². The van der Waals surface area contributed by atoms with E-state index < -0.39 is 0 Å². The Balaban J connectivity index is 1.72. The summed E-state index contributed by atoms with van der Waals surface area (Å²) in [5.41, 5.74) is 1.20. The maximum absolute atomic E-state index is 4.32. The third kappa shape index (κ3) is 3.17. The molecule has 0 radical (unpaired) electrons. The molecule has 0 aromatic carbocycles. The average molecular weight is 339 g/mol. The first kappa shape index (κ1) is 13.1. The lowest BCUT2D eigenvalue weighted by Crippen LogP contribution is -2.02. The van der Waals surface area contributed by atoms with Crippen molar-refractivity contribution in [1.29, 1.82) is 0 Å². The topological polar surface area (TPSA) is 43.6 Å². The number of fused-ring (bicyclic) bond motifs is 1. The van der Waals surface area contributed by atoms with Gasteiger partial charge in [-0.2, -0.15) is 0 Å². The first-order chi connectivity index (χ1) is 9.33. The first-order valence-corrected chi connectivity index (χ1v) is 8.25. The van der Waals surface area contributed by atoms with Crippen molar-refractivity contribution >= 4 is 27.7 Å². The number of halogens is 1. The fourth-order valence-electron chi connectivity index (χ4n) is 2.25. The fourth-order valence-corrected chi connectivity index (χ4v) is 3.56. The summed E-state index contributed by atoms with van der Waals surface area (Å²) < 4.78 is 3.30. The molecule has 0 atom stereocenters. The molecular weight excluding hydrogens is 324 g/mol. The number of aryl methyl sites for hydroxylation is 1. The number of thioether (sulfide) groups is 1. The molecule has 0 bridgehead atoms. The second-order valence-corrected chi connectivity index (χ2v) is 6.52. The minimum atomic E-state index is 0.880. The van der Waals surface area contributed by atoms with Gasteiger partial charge in [-0.15, -0.1) is 10.2 Å². The number of nitrogens with zero attached hydrogens (tertiary/aromatic N) is 4. The Bertz CT molecular complexity index is 570. The quantitative estimate of drug-likeness (QED) is 0.804. The van der Waals surface area contributed by atoms with Gasteiger partial charge in [0.15, 0.2) is 5.16 Å². The van der Waals surface area contributed by atoms with E-state index in [0.717, 1.165) is 34.2 Å². The zero-order valence-corrected chi connectivity index (χ0v) is 13.0. The maximum Gasteiger partial charge on any atom is 0.191 e. The second kappa shape index (κ2) is 6.05. The van der Waals surface area contributed by atoms with Gasteiger partial charge in [-0.3, -0.25) is 4.98 Å². The zero-order chi connectivity index (χ0) is 13.1. The molecule has 0 amide bonds. The molecule has 0 N–H and O–H groups in total. The number of hydrogen-bond acceptors (Lipinski definition) is 4. The molecule has 2 aromatic heterocycles. The normalized spacial score (nSPS) is 15.0. The van der Waals surface area contributed by atoms with Crippen LogP contribution in [-0.4, -0.2) is 19.7 Å². The summed E-state index contributed by atoms with van der Waals surface area (Å²) in [6.07, 6.45) is 8.53. The Hall–Kier alpha value is -0.880. The third-order valence-corrected chi connectivity index (χ3v) is 4.68. The van der Waals surface area contributed by atoms with Gasteiger partial charge in [-0.1, -0.05) is 18.2 Å². The molecule has 0 saturated heterocycles. The highest BCUT2D eigenvalue weighted by molar-refractivity contribution is 9.10. The van der Waals surface area contributed by atoms with E-state index in [4.69, 9.17) is 0 Å². The summed E-state index contributed by atoms with van der Waals surface area (Å²) in [6.45, 7) is 1.06. The number of pyridine rings is 1. The fraction of sp³-hybridized carbons (Fsp3) is 0.462. The van der Waals surface area contributed by atoms with Crippen molar-refractivity contribution in [3.8, 4) is 0 Å². The Morgan fingerprint density at radius 3 is 3.05 bits per heavy atom. The predicted molar refractivity (Wildman–Crippen MR) is 79.1 cm³/mol. The SMILES string of the molecule is Brc1cncc(CSc2nnc3n2CCCCC3)c1. The predicted octanol–water partition coefficient (Wildman–Crippen LogP) is 3.45. The van der Waals surface area contributed by atoms with Gasteiger partial charge in [0.2, 0.25) is 0 Å². The standard InChI is InChI=1S/C13H15BrN4S/c14-11-6-10(7-15-8-11)9-19-13-17-16-12-4-2-1-3-5-18(12)13/h6-8H,1-5,9H2. The van der Waals surface area contributed by atoms with Gasteiger partial charge in [0, 0.05) is 35.6 Å². The third-order valence-electron chi connectivity index (χ3n) is 3.20. The largest absolute Gasteiger partial charge is 0.306 e. The van der Waals surface area contributed by atoms with Gasteiger partial charge in [-0.25, -0.2) is 0 Å². The molecule has 2 aromatic rings. The molecule has 3 rings (SSSR count). The van der Waals surface area contributed by atoms with E-state index >= 15 is 0 Å². The molecule has 6 heteroatoms. The second-order valence-electron chi connectivity index (χ2n) is 4.66.